The topological polar surface area (TPSA) is 106 Å². The Morgan fingerprint density at radius 3 is 2.94 bits per heavy atom. The van der Waals surface area contributed by atoms with Crippen molar-refractivity contribution >= 4 is 28.3 Å². The van der Waals surface area contributed by atoms with E-state index in [1.165, 1.54) is 0 Å². The number of carbonyl (C=O) groups excluding carboxylic acids is 1. The van der Waals surface area contributed by atoms with Crippen molar-refractivity contribution in [2.24, 2.45) is 4.99 Å². The monoisotopic (exact) mass is 444 g/mol. The number of H-pyrrole nitrogens is 1. The van der Waals surface area contributed by atoms with Gasteiger partial charge in [-0.05, 0) is 36.8 Å². The molecule has 0 radical (unpaired) electrons. The van der Waals surface area contributed by atoms with Crippen LogP contribution in [0.25, 0.3) is 22.0 Å². The molecule has 33 heavy (non-hydrogen) atoms. The fraction of sp³-hybridized carbons (Fsp3) is 0.250. The van der Waals surface area contributed by atoms with Crippen LogP contribution in [0.4, 0.5) is 5.69 Å². The lowest BCUT2D eigenvalue weighted by Crippen LogP contribution is -2.30. The van der Waals surface area contributed by atoms with E-state index in [4.69, 9.17) is 14.5 Å². The van der Waals surface area contributed by atoms with Crippen LogP contribution in [-0.2, 0) is 17.7 Å². The van der Waals surface area contributed by atoms with Gasteiger partial charge in [0, 0.05) is 41.9 Å². The lowest BCUT2D eigenvalue weighted by atomic mass is 9.98. The SMILES string of the molecule is COCCn1cc(C(=O)NC2=Nc3c(-c4ccc5n[nH]c(C)c5c4)ccc(OC)c3C2)cn1. The number of hydrogen-bond donors (Lipinski definition) is 2. The van der Waals surface area contributed by atoms with Gasteiger partial charge < -0.3 is 14.8 Å². The van der Waals surface area contributed by atoms with Crippen LogP contribution in [0.1, 0.15) is 21.6 Å². The van der Waals surface area contributed by atoms with Gasteiger partial charge in [-0.3, -0.25) is 14.6 Å². The van der Waals surface area contributed by atoms with Crippen molar-refractivity contribution < 1.29 is 14.3 Å². The number of amidine groups is 1. The second-order valence-corrected chi connectivity index (χ2v) is 7.90. The number of carbonyl (C=O) groups is 1. The molecule has 4 aromatic rings. The van der Waals surface area contributed by atoms with Crippen LogP contribution in [0.5, 0.6) is 5.75 Å². The Morgan fingerprint density at radius 1 is 1.24 bits per heavy atom. The van der Waals surface area contributed by atoms with E-state index >= 15 is 0 Å². The number of aromatic nitrogens is 4. The number of rotatable bonds is 6. The van der Waals surface area contributed by atoms with E-state index in [-0.39, 0.29) is 5.91 Å². The van der Waals surface area contributed by atoms with Gasteiger partial charge in [0.25, 0.3) is 5.91 Å². The molecule has 1 aliphatic rings. The Bertz CT molecular complexity index is 1380. The Hall–Kier alpha value is -3.98. The van der Waals surface area contributed by atoms with Crippen LogP contribution >= 0.6 is 0 Å². The zero-order chi connectivity index (χ0) is 22.9. The molecule has 0 atom stereocenters. The summed E-state index contributed by atoms with van der Waals surface area (Å²) in [6, 6.07) is 10.1. The molecule has 3 heterocycles. The van der Waals surface area contributed by atoms with Crippen LogP contribution < -0.4 is 10.1 Å². The fourth-order valence-electron chi connectivity index (χ4n) is 4.05. The van der Waals surface area contributed by atoms with Crippen LogP contribution in [0, 0.1) is 6.92 Å². The minimum absolute atomic E-state index is 0.249. The van der Waals surface area contributed by atoms with E-state index < -0.39 is 0 Å². The van der Waals surface area contributed by atoms with E-state index in [1.807, 2.05) is 31.2 Å². The third-order valence-corrected chi connectivity index (χ3v) is 5.78. The summed E-state index contributed by atoms with van der Waals surface area (Å²) in [5.74, 6) is 1.07. The van der Waals surface area contributed by atoms with Crippen molar-refractivity contribution in [3.8, 4) is 16.9 Å². The number of ether oxygens (including phenoxy) is 2. The number of nitrogens with one attached hydrogen (secondary N) is 2. The van der Waals surface area contributed by atoms with Crippen molar-refractivity contribution in [3.63, 3.8) is 0 Å². The summed E-state index contributed by atoms with van der Waals surface area (Å²) in [5, 5.41) is 15.5. The highest BCUT2D eigenvalue weighted by Crippen LogP contribution is 2.42. The number of aliphatic imine (C=N–C) groups is 1. The molecule has 168 valence electrons. The molecule has 1 aliphatic heterocycles. The second kappa shape index (κ2) is 8.51. The average Bonchev–Trinajstić information content (AvgIpc) is 3.55. The van der Waals surface area contributed by atoms with Crippen LogP contribution in [0.15, 0.2) is 47.7 Å². The van der Waals surface area contributed by atoms with E-state index in [1.54, 1.807) is 31.3 Å². The maximum atomic E-state index is 12.8. The summed E-state index contributed by atoms with van der Waals surface area (Å²) in [4.78, 5) is 17.6. The van der Waals surface area contributed by atoms with E-state index in [0.29, 0.717) is 31.0 Å². The molecule has 2 N–H and O–H groups in total. The number of aryl methyl sites for hydroxylation is 1. The van der Waals surface area contributed by atoms with Crippen molar-refractivity contribution in [2.75, 3.05) is 20.8 Å². The van der Waals surface area contributed by atoms with Crippen LogP contribution in [-0.4, -0.2) is 52.5 Å². The van der Waals surface area contributed by atoms with Crippen molar-refractivity contribution in [1.29, 1.82) is 0 Å². The highest BCUT2D eigenvalue weighted by Gasteiger charge is 2.24. The fourth-order valence-corrected chi connectivity index (χ4v) is 4.05. The summed E-state index contributed by atoms with van der Waals surface area (Å²) in [6.07, 6.45) is 3.72. The zero-order valence-electron chi connectivity index (χ0n) is 18.7. The first kappa shape index (κ1) is 20.9. The van der Waals surface area contributed by atoms with Gasteiger partial charge in [0.1, 0.15) is 11.6 Å². The second-order valence-electron chi connectivity index (χ2n) is 7.90. The molecular formula is C24H24N6O3. The molecule has 0 unspecified atom stereocenters. The predicted molar refractivity (Wildman–Crippen MR) is 125 cm³/mol. The Labute approximate surface area is 190 Å². The van der Waals surface area contributed by atoms with Gasteiger partial charge in [-0.25, -0.2) is 4.99 Å². The molecule has 9 heteroatoms. The third kappa shape index (κ3) is 3.87. The Kier molecular flexibility index (Phi) is 5.39. The summed E-state index contributed by atoms with van der Waals surface area (Å²) >= 11 is 0. The first-order valence-corrected chi connectivity index (χ1v) is 10.6. The summed E-state index contributed by atoms with van der Waals surface area (Å²) < 4.78 is 12.3. The van der Waals surface area contributed by atoms with Crippen molar-refractivity contribution in [1.82, 2.24) is 25.3 Å². The molecule has 0 saturated heterocycles. The van der Waals surface area contributed by atoms with E-state index in [2.05, 4.69) is 26.7 Å². The molecule has 0 fully saturated rings. The number of aromatic amines is 1. The maximum Gasteiger partial charge on any atom is 0.259 e. The maximum absolute atomic E-state index is 12.8. The highest BCUT2D eigenvalue weighted by molar-refractivity contribution is 6.10. The quantitative estimate of drug-likeness (QED) is 0.474. The number of hydrogen-bond acceptors (Lipinski definition) is 6. The van der Waals surface area contributed by atoms with Crippen molar-refractivity contribution in [3.05, 3.63) is 59.5 Å². The van der Waals surface area contributed by atoms with Gasteiger partial charge in [0.05, 0.1) is 43.2 Å². The normalized spacial score (nSPS) is 12.6. The third-order valence-electron chi connectivity index (χ3n) is 5.78. The Morgan fingerprint density at radius 2 is 2.12 bits per heavy atom. The molecule has 0 bridgehead atoms. The molecule has 1 amide bonds. The predicted octanol–water partition coefficient (Wildman–Crippen LogP) is 3.41. The smallest absolute Gasteiger partial charge is 0.259 e. The van der Waals surface area contributed by atoms with Gasteiger partial charge in [-0.15, -0.1) is 0 Å². The van der Waals surface area contributed by atoms with Gasteiger partial charge >= 0.3 is 0 Å². The highest BCUT2D eigenvalue weighted by atomic mass is 16.5. The zero-order valence-corrected chi connectivity index (χ0v) is 18.7. The number of fused-ring (bicyclic) bond motifs is 2. The molecule has 2 aromatic heterocycles. The minimum atomic E-state index is -0.249. The largest absolute Gasteiger partial charge is 0.496 e. The van der Waals surface area contributed by atoms with Gasteiger partial charge in [-0.2, -0.15) is 10.2 Å². The first-order valence-electron chi connectivity index (χ1n) is 10.6. The van der Waals surface area contributed by atoms with Gasteiger partial charge in [0.15, 0.2) is 0 Å². The summed E-state index contributed by atoms with van der Waals surface area (Å²) in [5.41, 5.74) is 6.17. The van der Waals surface area contributed by atoms with Crippen LogP contribution in [0.3, 0.4) is 0 Å². The first-order chi connectivity index (χ1) is 16.1. The Balaban J connectivity index is 1.45. The molecule has 0 aliphatic carbocycles. The molecule has 2 aromatic carbocycles. The van der Waals surface area contributed by atoms with E-state index in [9.17, 15) is 4.79 Å². The molecule has 5 rings (SSSR count). The van der Waals surface area contributed by atoms with Crippen LogP contribution in [0.2, 0.25) is 0 Å². The molecular weight excluding hydrogens is 420 g/mol. The lowest BCUT2D eigenvalue weighted by molar-refractivity contribution is 0.0976. The standard InChI is InChI=1S/C24H24N6O3/c1-14-18-10-15(4-6-20(18)29-28-14)17-5-7-21(33-3)19-11-22(26-23(17)19)27-24(31)16-12-25-30(13-16)8-9-32-2/h4-7,10,12-13H,8-9,11H2,1-3H3,(H,28,29)(H,26,27,31). The number of benzene rings is 2. The molecule has 0 saturated carbocycles. The van der Waals surface area contributed by atoms with Crippen molar-refractivity contribution in [2.45, 2.75) is 19.9 Å². The summed E-state index contributed by atoms with van der Waals surface area (Å²) in [7, 11) is 3.27. The van der Waals surface area contributed by atoms with Gasteiger partial charge in [0.2, 0.25) is 0 Å². The molecule has 0 spiro atoms. The number of methoxy groups -OCH3 is 2. The number of amides is 1. The number of nitrogens with zero attached hydrogens (tertiary/aromatic N) is 4. The lowest BCUT2D eigenvalue weighted by Gasteiger charge is -2.11. The van der Waals surface area contributed by atoms with E-state index in [0.717, 1.165) is 44.7 Å². The summed E-state index contributed by atoms with van der Waals surface area (Å²) in [6.45, 7) is 3.11. The average molecular weight is 444 g/mol. The minimum Gasteiger partial charge on any atom is -0.496 e. The van der Waals surface area contributed by atoms with Gasteiger partial charge in [-0.1, -0.05) is 6.07 Å². The molecule has 9 nitrogen and oxygen atoms in total.